The van der Waals surface area contributed by atoms with E-state index in [-0.39, 0.29) is 26.1 Å². The molecule has 0 aliphatic heterocycles. The van der Waals surface area contributed by atoms with Gasteiger partial charge in [0, 0.05) is 12.8 Å². The molecule has 0 amide bonds. The number of unbranched alkanes of at least 4 members (excludes halogenated alkanes) is 22. The molecule has 0 heterocycles. The fourth-order valence-electron chi connectivity index (χ4n) is 8.79. The third-order valence-corrected chi connectivity index (χ3v) is 14.8. The second kappa shape index (κ2) is 63.4. The van der Waals surface area contributed by atoms with Crippen molar-refractivity contribution < 1.29 is 42.1 Å². The highest BCUT2D eigenvalue weighted by atomic mass is 31.2. The molecule has 2 unspecified atom stereocenters. The number of carbonyl (C=O) groups excluding carboxylic acids is 2. The molecule has 0 saturated heterocycles. The predicted octanol–water partition coefficient (Wildman–Crippen LogP) is 21.2. The van der Waals surface area contributed by atoms with Gasteiger partial charge in [0.2, 0.25) is 0 Å². The molecule has 0 aliphatic rings. The number of hydrogen-bond donors (Lipinski definition) is 0. The summed E-state index contributed by atoms with van der Waals surface area (Å²) in [6.45, 7) is 3.94. The van der Waals surface area contributed by atoms with Crippen LogP contribution in [0.2, 0.25) is 0 Å². The standard InChI is InChI=1S/C74H124NO8P/c1-6-8-10-12-14-16-18-20-22-24-26-28-30-31-32-33-34-35-36-37-38-39-40-41-42-43-45-46-48-50-52-54-56-58-60-62-64-66-73(76)80-70-72(71-82-84(78,79)81-69-68-75(3,4)5)83-74(77)67-65-63-61-59-57-55-53-51-49-47-44-29-27-25-23-21-19-17-15-13-11-9-7-2/h8-11,14-17,20-23,26-29,31-32,47,49,53,55,59,61,72H,6-7,12-13,18-19,24-25,30,33-46,48,50-52,54,56-58,60,62-71H2,1-5H3/b10-8-,11-9-,16-14-,17-15-,22-20-,23-21-,28-26-,29-27-,32-31-,49-47-,55-53-,61-59-. The van der Waals surface area contributed by atoms with Crippen LogP contribution < -0.4 is 4.89 Å². The van der Waals surface area contributed by atoms with E-state index in [0.29, 0.717) is 23.9 Å². The van der Waals surface area contributed by atoms with Crippen LogP contribution in [0.25, 0.3) is 0 Å². The molecular formula is C74H124NO8P. The number of quaternary nitrogens is 1. The minimum atomic E-state index is -4.66. The van der Waals surface area contributed by atoms with E-state index in [1.54, 1.807) is 0 Å². The fraction of sp³-hybridized carbons (Fsp3) is 0.649. The van der Waals surface area contributed by atoms with E-state index in [1.165, 1.54) is 122 Å². The molecule has 0 aliphatic carbocycles. The number of carbonyl (C=O) groups is 2. The smallest absolute Gasteiger partial charge is 0.306 e. The Balaban J connectivity index is 4.08. The van der Waals surface area contributed by atoms with Gasteiger partial charge in [-0.2, -0.15) is 0 Å². The maximum Gasteiger partial charge on any atom is 0.306 e. The van der Waals surface area contributed by atoms with Crippen molar-refractivity contribution in [3.05, 3.63) is 146 Å². The van der Waals surface area contributed by atoms with Crippen molar-refractivity contribution in [2.45, 2.75) is 264 Å². The molecule has 0 radical (unpaired) electrons. The minimum absolute atomic E-state index is 0.0479. The van der Waals surface area contributed by atoms with Gasteiger partial charge < -0.3 is 27.9 Å². The van der Waals surface area contributed by atoms with Crippen molar-refractivity contribution >= 4 is 19.8 Å². The number of ether oxygens (including phenoxy) is 2. The van der Waals surface area contributed by atoms with Crippen LogP contribution in [0.15, 0.2) is 146 Å². The van der Waals surface area contributed by atoms with Gasteiger partial charge in [0.1, 0.15) is 19.8 Å². The summed E-state index contributed by atoms with van der Waals surface area (Å²) >= 11 is 0. The zero-order valence-electron chi connectivity index (χ0n) is 54.3. The second-order valence-electron chi connectivity index (χ2n) is 23.1. The second-order valence-corrected chi connectivity index (χ2v) is 24.5. The van der Waals surface area contributed by atoms with Gasteiger partial charge in [-0.25, -0.2) is 0 Å². The quantitative estimate of drug-likeness (QED) is 0.0195. The molecule has 0 N–H and O–H groups in total. The Morgan fingerprint density at radius 1 is 0.369 bits per heavy atom. The monoisotopic (exact) mass is 1190 g/mol. The summed E-state index contributed by atoms with van der Waals surface area (Å²) in [4.78, 5) is 38.0. The third-order valence-electron chi connectivity index (χ3n) is 13.9. The van der Waals surface area contributed by atoms with E-state index in [9.17, 15) is 19.0 Å². The average molecular weight is 1190 g/mol. The summed E-state index contributed by atoms with van der Waals surface area (Å²) in [6, 6.07) is 0. The highest BCUT2D eigenvalue weighted by Gasteiger charge is 2.22. The van der Waals surface area contributed by atoms with Crippen molar-refractivity contribution in [2.75, 3.05) is 47.5 Å². The molecule has 0 aromatic rings. The van der Waals surface area contributed by atoms with Crippen LogP contribution in [0.3, 0.4) is 0 Å². The summed E-state index contributed by atoms with van der Waals surface area (Å²) in [5, 5.41) is 0. The molecule has 2 atom stereocenters. The van der Waals surface area contributed by atoms with E-state index in [4.69, 9.17) is 18.5 Å². The van der Waals surface area contributed by atoms with Crippen LogP contribution in [0.1, 0.15) is 258 Å². The molecule has 9 nitrogen and oxygen atoms in total. The lowest BCUT2D eigenvalue weighted by Crippen LogP contribution is -2.37. The molecule has 0 aromatic carbocycles. The summed E-state index contributed by atoms with van der Waals surface area (Å²) in [5.74, 6) is -0.905. The van der Waals surface area contributed by atoms with Gasteiger partial charge in [-0.3, -0.25) is 14.2 Å². The Morgan fingerprint density at radius 2 is 0.655 bits per heavy atom. The number of esters is 2. The number of likely N-dealkylation sites (N-methyl/N-ethyl adjacent to an activating group) is 1. The summed E-state index contributed by atoms with van der Waals surface area (Å²) in [6.07, 6.45) is 93.7. The van der Waals surface area contributed by atoms with Crippen molar-refractivity contribution in [1.29, 1.82) is 0 Å². The van der Waals surface area contributed by atoms with Gasteiger partial charge >= 0.3 is 11.9 Å². The van der Waals surface area contributed by atoms with Gasteiger partial charge in [-0.15, -0.1) is 0 Å². The van der Waals surface area contributed by atoms with E-state index < -0.39 is 32.5 Å². The first-order valence-corrected chi connectivity index (χ1v) is 35.0. The maximum atomic E-state index is 12.8. The number of phosphoric acid groups is 1. The molecular weight excluding hydrogens is 1060 g/mol. The molecule has 10 heteroatoms. The largest absolute Gasteiger partial charge is 0.756 e. The molecule has 0 aromatic heterocycles. The number of hydrogen-bond acceptors (Lipinski definition) is 8. The molecule has 0 fully saturated rings. The summed E-state index contributed by atoms with van der Waals surface area (Å²) < 4.78 is 34.2. The van der Waals surface area contributed by atoms with Crippen molar-refractivity contribution in [2.24, 2.45) is 0 Å². The summed E-state index contributed by atoms with van der Waals surface area (Å²) in [5.41, 5.74) is 0. The highest BCUT2D eigenvalue weighted by molar-refractivity contribution is 7.45. The van der Waals surface area contributed by atoms with Gasteiger partial charge in [0.15, 0.2) is 6.10 Å². The SMILES string of the molecule is CC/C=C\C/C=C\C/C=C\C/C=C\C/C=C\C/C=C\C/C=C\CCCC(=O)OC(COC(=O)CCCCCCCCCCCCCCCCCCCCCCC/C=C\C/C=C\C/C=C\C/C=C\C/C=C\CC)COP(=O)([O-])OCC[N+](C)(C)C. The number of nitrogens with zero attached hydrogens (tertiary/aromatic N) is 1. The molecule has 84 heavy (non-hydrogen) atoms. The maximum absolute atomic E-state index is 12.8. The van der Waals surface area contributed by atoms with Gasteiger partial charge in [0.25, 0.3) is 7.82 Å². The normalized spacial score (nSPS) is 14.1. The van der Waals surface area contributed by atoms with Gasteiger partial charge in [-0.1, -0.05) is 282 Å². The fourth-order valence-corrected chi connectivity index (χ4v) is 9.52. The van der Waals surface area contributed by atoms with Crippen molar-refractivity contribution in [3.63, 3.8) is 0 Å². The first-order valence-electron chi connectivity index (χ1n) is 33.5. The van der Waals surface area contributed by atoms with E-state index in [0.717, 1.165) is 96.3 Å². The Labute approximate surface area is 516 Å². The number of phosphoric ester groups is 1. The summed E-state index contributed by atoms with van der Waals surface area (Å²) in [7, 11) is 1.12. The zero-order chi connectivity index (χ0) is 61.2. The van der Waals surface area contributed by atoms with E-state index in [1.807, 2.05) is 27.2 Å². The van der Waals surface area contributed by atoms with E-state index >= 15 is 0 Å². The molecule has 0 saturated carbocycles. The Hall–Kier alpha value is -4.11. The van der Waals surface area contributed by atoms with Crippen LogP contribution >= 0.6 is 7.82 Å². The average Bonchev–Trinajstić information content (AvgIpc) is 3.61. The zero-order valence-corrected chi connectivity index (χ0v) is 55.2. The van der Waals surface area contributed by atoms with Crippen molar-refractivity contribution in [1.82, 2.24) is 0 Å². The molecule has 0 spiro atoms. The van der Waals surface area contributed by atoms with Crippen LogP contribution in [0, 0.1) is 0 Å². The Morgan fingerprint density at radius 3 is 0.988 bits per heavy atom. The van der Waals surface area contributed by atoms with Crippen LogP contribution in [0.5, 0.6) is 0 Å². The lowest BCUT2D eigenvalue weighted by Gasteiger charge is -2.28. The molecule has 0 rings (SSSR count). The van der Waals surface area contributed by atoms with Crippen LogP contribution in [-0.4, -0.2) is 70.0 Å². The predicted molar refractivity (Wildman–Crippen MR) is 360 cm³/mol. The lowest BCUT2D eigenvalue weighted by atomic mass is 10.0. The van der Waals surface area contributed by atoms with Crippen LogP contribution in [-0.2, 0) is 32.7 Å². The number of rotatable bonds is 60. The van der Waals surface area contributed by atoms with Gasteiger partial charge in [0.05, 0.1) is 27.7 Å². The van der Waals surface area contributed by atoms with Crippen LogP contribution in [0.4, 0.5) is 0 Å². The minimum Gasteiger partial charge on any atom is -0.756 e. The first-order chi connectivity index (χ1) is 41.0. The van der Waals surface area contributed by atoms with Crippen molar-refractivity contribution in [3.8, 4) is 0 Å². The number of allylic oxidation sites excluding steroid dienone is 24. The topological polar surface area (TPSA) is 111 Å². The highest BCUT2D eigenvalue weighted by Crippen LogP contribution is 2.38. The Kier molecular flexibility index (Phi) is 60.3. The first kappa shape index (κ1) is 79.9. The van der Waals surface area contributed by atoms with Gasteiger partial charge in [-0.05, 0) is 109 Å². The lowest BCUT2D eigenvalue weighted by molar-refractivity contribution is -0.870. The molecule has 0 bridgehead atoms. The molecule has 478 valence electrons. The third kappa shape index (κ3) is 67.0. The van der Waals surface area contributed by atoms with E-state index in [2.05, 4.69) is 154 Å². The Bertz CT molecular complexity index is 1930.